The first kappa shape index (κ1) is 9.29. The number of nitriles is 1. The molecule has 0 amide bonds. The van der Waals surface area contributed by atoms with E-state index < -0.39 is 0 Å². The van der Waals surface area contributed by atoms with E-state index >= 15 is 0 Å². The number of hydrogen-bond acceptors (Lipinski definition) is 2. The molecule has 0 aliphatic rings. The fourth-order valence-electron chi connectivity index (χ4n) is 1.31. The number of hydrogen-bond donors (Lipinski definition) is 0. The van der Waals surface area contributed by atoms with Gasteiger partial charge < -0.3 is 4.42 Å². The van der Waals surface area contributed by atoms with Gasteiger partial charge >= 0.3 is 0 Å². The Balaban J connectivity index is 2.38. The average molecular weight is 195 g/mol. The Hall–Kier alpha value is -2.27. The summed E-state index contributed by atoms with van der Waals surface area (Å²) >= 11 is 0. The summed E-state index contributed by atoms with van der Waals surface area (Å²) in [4.78, 5) is 0. The zero-order valence-electron chi connectivity index (χ0n) is 8.05. The molecule has 0 unspecified atom stereocenters. The van der Waals surface area contributed by atoms with E-state index in [4.69, 9.17) is 9.68 Å². The minimum absolute atomic E-state index is 0.602. The van der Waals surface area contributed by atoms with Crippen molar-refractivity contribution < 1.29 is 4.42 Å². The van der Waals surface area contributed by atoms with Gasteiger partial charge in [0.05, 0.1) is 17.9 Å². The van der Waals surface area contributed by atoms with Crippen LogP contribution in [0.5, 0.6) is 0 Å². The molecular formula is C13H9NO. The minimum Gasteiger partial charge on any atom is -0.465 e. The third-order valence-corrected chi connectivity index (χ3v) is 2.04. The lowest BCUT2D eigenvalue weighted by atomic mass is 10.1. The van der Waals surface area contributed by atoms with E-state index in [2.05, 4.69) is 6.07 Å². The fraction of sp³-hybridized carbons (Fsp3) is 0. The zero-order valence-corrected chi connectivity index (χ0v) is 8.05. The van der Waals surface area contributed by atoms with Crippen LogP contribution in [-0.4, -0.2) is 0 Å². The van der Waals surface area contributed by atoms with Crippen LogP contribution in [0.3, 0.4) is 0 Å². The molecule has 2 nitrogen and oxygen atoms in total. The van der Waals surface area contributed by atoms with Crippen molar-refractivity contribution in [3.63, 3.8) is 0 Å². The summed E-state index contributed by atoms with van der Waals surface area (Å²) in [7, 11) is 0. The second-order valence-electron chi connectivity index (χ2n) is 3.05. The van der Waals surface area contributed by atoms with Gasteiger partial charge in [0.2, 0.25) is 0 Å². The van der Waals surface area contributed by atoms with Gasteiger partial charge in [-0.25, -0.2) is 0 Å². The molecule has 1 heterocycles. The smallest absolute Gasteiger partial charge is 0.127 e. The van der Waals surface area contributed by atoms with Crippen molar-refractivity contribution in [2.75, 3.05) is 0 Å². The number of furan rings is 1. The van der Waals surface area contributed by atoms with E-state index in [1.54, 1.807) is 18.4 Å². The maximum Gasteiger partial charge on any atom is 0.127 e. The highest BCUT2D eigenvalue weighted by molar-refractivity contribution is 5.88. The summed E-state index contributed by atoms with van der Waals surface area (Å²) in [6.45, 7) is 0. The fourth-order valence-corrected chi connectivity index (χ4v) is 1.31. The van der Waals surface area contributed by atoms with Crippen molar-refractivity contribution in [1.82, 2.24) is 0 Å². The van der Waals surface area contributed by atoms with Gasteiger partial charge in [-0.15, -0.1) is 0 Å². The Labute approximate surface area is 88.1 Å². The molecule has 2 heteroatoms. The molecule has 0 saturated carbocycles. The van der Waals surface area contributed by atoms with E-state index in [0.717, 1.165) is 5.56 Å². The van der Waals surface area contributed by atoms with Gasteiger partial charge in [-0.05, 0) is 23.8 Å². The largest absolute Gasteiger partial charge is 0.465 e. The van der Waals surface area contributed by atoms with Crippen molar-refractivity contribution in [1.29, 1.82) is 5.26 Å². The van der Waals surface area contributed by atoms with Crippen LogP contribution in [0.15, 0.2) is 53.1 Å². The van der Waals surface area contributed by atoms with Crippen LogP contribution in [0.2, 0.25) is 0 Å². The van der Waals surface area contributed by atoms with Crippen molar-refractivity contribution >= 4 is 11.6 Å². The lowest BCUT2D eigenvalue weighted by Gasteiger charge is -1.96. The van der Waals surface area contributed by atoms with E-state index in [9.17, 15) is 0 Å². The molecule has 1 aromatic carbocycles. The maximum absolute atomic E-state index is 9.02. The molecule has 2 rings (SSSR count). The predicted octanol–water partition coefficient (Wildman–Crippen LogP) is 3.34. The van der Waals surface area contributed by atoms with E-state index in [-0.39, 0.29) is 0 Å². The average Bonchev–Trinajstić information content (AvgIpc) is 2.80. The van der Waals surface area contributed by atoms with Gasteiger partial charge in [0.25, 0.3) is 0 Å². The summed E-state index contributed by atoms with van der Waals surface area (Å²) < 4.78 is 5.16. The van der Waals surface area contributed by atoms with Crippen LogP contribution in [0.25, 0.3) is 11.6 Å². The van der Waals surface area contributed by atoms with Gasteiger partial charge in [0.15, 0.2) is 0 Å². The first-order valence-electron chi connectivity index (χ1n) is 4.61. The summed E-state index contributed by atoms with van der Waals surface area (Å²) in [5.74, 6) is 0.690. The second kappa shape index (κ2) is 4.30. The Kier molecular flexibility index (Phi) is 2.66. The summed E-state index contributed by atoms with van der Waals surface area (Å²) in [5, 5.41) is 9.02. The molecule has 2 aromatic rings. The van der Waals surface area contributed by atoms with Crippen molar-refractivity contribution in [3.05, 3.63) is 60.1 Å². The SMILES string of the molecule is N#C/C(=C/c1ccco1)c1ccccc1. The van der Waals surface area contributed by atoms with Gasteiger partial charge in [0, 0.05) is 0 Å². The molecule has 0 aliphatic heterocycles. The Morgan fingerprint density at radius 3 is 2.53 bits per heavy atom. The predicted molar refractivity (Wildman–Crippen MR) is 58.6 cm³/mol. The topological polar surface area (TPSA) is 36.9 Å². The van der Waals surface area contributed by atoms with Crippen LogP contribution in [0.4, 0.5) is 0 Å². The van der Waals surface area contributed by atoms with Crippen molar-refractivity contribution in [3.8, 4) is 6.07 Å². The molecule has 0 N–H and O–H groups in total. The molecule has 0 bridgehead atoms. The van der Waals surface area contributed by atoms with E-state index in [1.165, 1.54) is 0 Å². The molecule has 15 heavy (non-hydrogen) atoms. The van der Waals surface area contributed by atoms with Crippen LogP contribution in [0, 0.1) is 11.3 Å². The standard InChI is InChI=1S/C13H9NO/c14-10-12(9-13-7-4-8-15-13)11-5-2-1-3-6-11/h1-9H/b12-9-. The highest BCUT2D eigenvalue weighted by Gasteiger charge is 2.00. The van der Waals surface area contributed by atoms with Crippen LogP contribution in [-0.2, 0) is 0 Å². The lowest BCUT2D eigenvalue weighted by molar-refractivity contribution is 0.557. The lowest BCUT2D eigenvalue weighted by Crippen LogP contribution is -1.79. The number of benzene rings is 1. The number of rotatable bonds is 2. The van der Waals surface area contributed by atoms with Crippen molar-refractivity contribution in [2.45, 2.75) is 0 Å². The molecule has 0 spiro atoms. The van der Waals surface area contributed by atoms with Crippen LogP contribution >= 0.6 is 0 Å². The quantitative estimate of drug-likeness (QED) is 0.689. The van der Waals surface area contributed by atoms with E-state index in [1.807, 2.05) is 36.4 Å². The zero-order chi connectivity index (χ0) is 10.5. The van der Waals surface area contributed by atoms with Crippen molar-refractivity contribution in [2.24, 2.45) is 0 Å². The summed E-state index contributed by atoms with van der Waals surface area (Å²) in [6.07, 6.45) is 3.32. The summed E-state index contributed by atoms with van der Waals surface area (Å²) in [6, 6.07) is 15.3. The second-order valence-corrected chi connectivity index (χ2v) is 3.05. The molecule has 0 aliphatic carbocycles. The van der Waals surface area contributed by atoms with Gasteiger partial charge in [0.1, 0.15) is 5.76 Å². The summed E-state index contributed by atoms with van der Waals surface area (Å²) in [5.41, 5.74) is 1.50. The number of nitrogens with zero attached hydrogens (tertiary/aromatic N) is 1. The normalized spacial score (nSPS) is 11.0. The Morgan fingerprint density at radius 1 is 1.13 bits per heavy atom. The third kappa shape index (κ3) is 2.15. The van der Waals surface area contributed by atoms with Gasteiger partial charge in [-0.2, -0.15) is 5.26 Å². The first-order chi connectivity index (χ1) is 7.40. The van der Waals surface area contributed by atoms with E-state index in [0.29, 0.717) is 11.3 Å². The highest BCUT2D eigenvalue weighted by atomic mass is 16.3. The van der Waals surface area contributed by atoms with Crippen LogP contribution < -0.4 is 0 Å². The molecule has 72 valence electrons. The minimum atomic E-state index is 0.602. The molecule has 0 atom stereocenters. The highest BCUT2D eigenvalue weighted by Crippen LogP contribution is 2.17. The number of allylic oxidation sites excluding steroid dienone is 1. The molecule has 0 saturated heterocycles. The molecular weight excluding hydrogens is 186 g/mol. The molecule has 1 aromatic heterocycles. The monoisotopic (exact) mass is 195 g/mol. The molecule has 0 radical (unpaired) electrons. The van der Waals surface area contributed by atoms with Gasteiger partial charge in [-0.1, -0.05) is 30.3 Å². The maximum atomic E-state index is 9.02. The van der Waals surface area contributed by atoms with Crippen LogP contribution in [0.1, 0.15) is 11.3 Å². The Bertz CT molecular complexity index is 489. The third-order valence-electron chi connectivity index (χ3n) is 2.04. The Morgan fingerprint density at radius 2 is 1.93 bits per heavy atom. The molecule has 0 fully saturated rings. The first-order valence-corrected chi connectivity index (χ1v) is 4.61. The van der Waals surface area contributed by atoms with Gasteiger partial charge in [-0.3, -0.25) is 0 Å².